The standard InChI is InChI=1S/C17H22ClF2N3O/c18-15-7-13(8-16(21-15)23-6-3-17(19,20)11-23)12-1-4-22(5-2-12)14-9-24-10-14/h7-8,12,14H,1-6,9-11H2. The highest BCUT2D eigenvalue weighted by Gasteiger charge is 2.39. The molecule has 0 aliphatic carbocycles. The van der Waals surface area contributed by atoms with Crippen molar-refractivity contribution in [3.05, 3.63) is 22.8 Å². The third-order valence-corrected chi connectivity index (χ3v) is 5.63. The first-order valence-corrected chi connectivity index (χ1v) is 9.00. The number of aromatic nitrogens is 1. The molecule has 0 amide bonds. The summed E-state index contributed by atoms with van der Waals surface area (Å²) >= 11 is 6.18. The first-order valence-electron chi connectivity index (χ1n) is 8.62. The number of halogens is 3. The summed E-state index contributed by atoms with van der Waals surface area (Å²) in [5.41, 5.74) is 1.13. The van der Waals surface area contributed by atoms with E-state index in [1.165, 1.54) is 0 Å². The Labute approximate surface area is 145 Å². The smallest absolute Gasteiger partial charge is 0.266 e. The minimum absolute atomic E-state index is 0.113. The molecular formula is C17H22ClF2N3O. The van der Waals surface area contributed by atoms with Crippen LogP contribution in [-0.2, 0) is 4.74 Å². The third-order valence-electron chi connectivity index (χ3n) is 5.43. The fourth-order valence-corrected chi connectivity index (χ4v) is 4.08. The quantitative estimate of drug-likeness (QED) is 0.777. The second-order valence-electron chi connectivity index (χ2n) is 7.11. The average Bonchev–Trinajstić information content (AvgIpc) is 2.86. The van der Waals surface area contributed by atoms with Gasteiger partial charge in [-0.15, -0.1) is 0 Å². The lowest BCUT2D eigenvalue weighted by molar-refractivity contribution is -0.0712. The highest BCUT2D eigenvalue weighted by Crippen LogP contribution is 2.35. The maximum Gasteiger partial charge on any atom is 0.266 e. The number of ether oxygens (including phenoxy) is 1. The van der Waals surface area contributed by atoms with Gasteiger partial charge >= 0.3 is 0 Å². The van der Waals surface area contributed by atoms with E-state index in [0.717, 1.165) is 44.7 Å². The second kappa shape index (κ2) is 6.39. The number of pyridine rings is 1. The predicted molar refractivity (Wildman–Crippen MR) is 89.2 cm³/mol. The molecule has 0 spiro atoms. The topological polar surface area (TPSA) is 28.6 Å². The lowest BCUT2D eigenvalue weighted by atomic mass is 9.89. The molecule has 4 heterocycles. The van der Waals surface area contributed by atoms with Gasteiger partial charge in [0.2, 0.25) is 0 Å². The van der Waals surface area contributed by atoms with Gasteiger partial charge in [0.1, 0.15) is 11.0 Å². The molecule has 3 saturated heterocycles. The lowest BCUT2D eigenvalue weighted by Gasteiger charge is -2.41. The van der Waals surface area contributed by atoms with Gasteiger partial charge in [0, 0.05) is 13.0 Å². The molecule has 132 valence electrons. The van der Waals surface area contributed by atoms with E-state index in [4.69, 9.17) is 16.3 Å². The molecule has 3 aliphatic heterocycles. The summed E-state index contributed by atoms with van der Waals surface area (Å²) in [5.74, 6) is -1.62. The molecule has 0 radical (unpaired) electrons. The third kappa shape index (κ3) is 3.37. The molecule has 3 fully saturated rings. The van der Waals surface area contributed by atoms with Crippen LogP contribution in [0.1, 0.15) is 30.7 Å². The van der Waals surface area contributed by atoms with E-state index >= 15 is 0 Å². The van der Waals surface area contributed by atoms with Crippen molar-refractivity contribution in [2.24, 2.45) is 0 Å². The Morgan fingerprint density at radius 1 is 1.17 bits per heavy atom. The Bertz CT molecular complexity index is 603. The maximum absolute atomic E-state index is 13.5. The molecule has 24 heavy (non-hydrogen) atoms. The van der Waals surface area contributed by atoms with Gasteiger partial charge < -0.3 is 9.64 Å². The fourth-order valence-electron chi connectivity index (χ4n) is 3.86. The molecule has 0 aromatic carbocycles. The second-order valence-corrected chi connectivity index (χ2v) is 7.50. The molecular weight excluding hydrogens is 336 g/mol. The number of rotatable bonds is 3. The highest BCUT2D eigenvalue weighted by molar-refractivity contribution is 6.29. The van der Waals surface area contributed by atoms with E-state index in [1.54, 1.807) is 4.90 Å². The molecule has 1 aromatic rings. The Hall–Kier alpha value is -0.980. The van der Waals surface area contributed by atoms with Gasteiger partial charge in [-0.2, -0.15) is 0 Å². The summed E-state index contributed by atoms with van der Waals surface area (Å²) in [6, 6.07) is 4.43. The van der Waals surface area contributed by atoms with E-state index in [9.17, 15) is 8.78 Å². The molecule has 1 aromatic heterocycles. The van der Waals surface area contributed by atoms with Crippen LogP contribution in [0, 0.1) is 0 Å². The summed E-state index contributed by atoms with van der Waals surface area (Å²) in [6.45, 7) is 3.86. The highest BCUT2D eigenvalue weighted by atomic mass is 35.5. The van der Waals surface area contributed by atoms with Crippen LogP contribution in [0.15, 0.2) is 12.1 Å². The van der Waals surface area contributed by atoms with Crippen molar-refractivity contribution >= 4 is 17.4 Å². The molecule has 0 N–H and O–H groups in total. The summed E-state index contributed by atoms with van der Waals surface area (Å²) in [6.07, 6.45) is 2.01. The molecule has 3 aliphatic rings. The molecule has 7 heteroatoms. The van der Waals surface area contributed by atoms with Gasteiger partial charge in [0.25, 0.3) is 5.92 Å². The number of anilines is 1. The summed E-state index contributed by atoms with van der Waals surface area (Å²) in [5, 5.41) is 0.396. The number of nitrogens with zero attached hydrogens (tertiary/aromatic N) is 3. The van der Waals surface area contributed by atoms with Crippen molar-refractivity contribution in [2.45, 2.75) is 37.1 Å². The zero-order chi connectivity index (χ0) is 16.7. The number of hydrogen-bond acceptors (Lipinski definition) is 4. The molecule has 0 bridgehead atoms. The lowest BCUT2D eigenvalue weighted by Crippen LogP contribution is -2.51. The van der Waals surface area contributed by atoms with Gasteiger partial charge in [-0.05, 0) is 49.5 Å². The summed E-state index contributed by atoms with van der Waals surface area (Å²) in [7, 11) is 0. The van der Waals surface area contributed by atoms with Crippen LogP contribution in [0.25, 0.3) is 0 Å². The number of alkyl halides is 2. The zero-order valence-electron chi connectivity index (χ0n) is 13.6. The number of piperidine rings is 1. The molecule has 4 nitrogen and oxygen atoms in total. The van der Waals surface area contributed by atoms with Crippen molar-refractivity contribution < 1.29 is 13.5 Å². The van der Waals surface area contributed by atoms with E-state index < -0.39 is 5.92 Å². The Kier molecular flexibility index (Phi) is 4.39. The Morgan fingerprint density at radius 3 is 2.50 bits per heavy atom. The van der Waals surface area contributed by atoms with Crippen molar-refractivity contribution in [2.75, 3.05) is 44.3 Å². The average molecular weight is 358 g/mol. The normalized spacial score (nSPS) is 25.9. The molecule has 0 saturated carbocycles. The van der Waals surface area contributed by atoms with Gasteiger partial charge in [0.15, 0.2) is 0 Å². The van der Waals surface area contributed by atoms with Gasteiger partial charge in [-0.3, -0.25) is 4.90 Å². The van der Waals surface area contributed by atoms with Crippen LogP contribution in [0.3, 0.4) is 0 Å². The van der Waals surface area contributed by atoms with Crippen molar-refractivity contribution in [1.29, 1.82) is 0 Å². The van der Waals surface area contributed by atoms with E-state index in [1.807, 2.05) is 12.1 Å². The molecule has 4 rings (SSSR count). The Balaban J connectivity index is 1.46. The van der Waals surface area contributed by atoms with E-state index in [2.05, 4.69) is 9.88 Å². The minimum Gasteiger partial charge on any atom is -0.378 e. The summed E-state index contributed by atoms with van der Waals surface area (Å²) in [4.78, 5) is 8.41. The Morgan fingerprint density at radius 2 is 1.92 bits per heavy atom. The van der Waals surface area contributed by atoms with Crippen molar-refractivity contribution in [3.8, 4) is 0 Å². The van der Waals surface area contributed by atoms with Crippen LogP contribution in [0.5, 0.6) is 0 Å². The first-order chi connectivity index (χ1) is 11.5. The molecule has 0 unspecified atom stereocenters. The van der Waals surface area contributed by atoms with Crippen LogP contribution < -0.4 is 4.90 Å². The van der Waals surface area contributed by atoms with Crippen molar-refractivity contribution in [1.82, 2.24) is 9.88 Å². The van der Waals surface area contributed by atoms with Crippen LogP contribution >= 0.6 is 11.6 Å². The van der Waals surface area contributed by atoms with E-state index in [-0.39, 0.29) is 13.0 Å². The largest absolute Gasteiger partial charge is 0.378 e. The van der Waals surface area contributed by atoms with Gasteiger partial charge in [-0.25, -0.2) is 13.8 Å². The maximum atomic E-state index is 13.5. The van der Waals surface area contributed by atoms with Gasteiger partial charge in [0.05, 0.1) is 25.8 Å². The SMILES string of the molecule is FC1(F)CCN(c2cc(C3CCN(C4COC4)CC3)cc(Cl)n2)C1. The van der Waals surface area contributed by atoms with Crippen LogP contribution in [0.2, 0.25) is 5.15 Å². The predicted octanol–water partition coefficient (Wildman–Crippen LogP) is 3.16. The minimum atomic E-state index is -2.62. The molecule has 0 atom stereocenters. The van der Waals surface area contributed by atoms with Crippen LogP contribution in [-0.4, -0.2) is 61.2 Å². The zero-order valence-corrected chi connectivity index (χ0v) is 14.3. The number of likely N-dealkylation sites (tertiary alicyclic amines) is 1. The van der Waals surface area contributed by atoms with Crippen LogP contribution in [0.4, 0.5) is 14.6 Å². The monoisotopic (exact) mass is 357 g/mol. The summed E-state index contributed by atoms with van der Waals surface area (Å²) < 4.78 is 32.2. The van der Waals surface area contributed by atoms with Gasteiger partial charge in [-0.1, -0.05) is 11.6 Å². The number of hydrogen-bond donors (Lipinski definition) is 0. The van der Waals surface area contributed by atoms with Crippen molar-refractivity contribution in [3.63, 3.8) is 0 Å². The fraction of sp³-hybridized carbons (Fsp3) is 0.706. The van der Waals surface area contributed by atoms with E-state index in [0.29, 0.717) is 29.5 Å². The first kappa shape index (κ1) is 16.5.